The maximum atomic E-state index is 3.59. The summed E-state index contributed by atoms with van der Waals surface area (Å²) in [6, 6.07) is 9.50. The van der Waals surface area contributed by atoms with E-state index in [4.69, 9.17) is 0 Å². The fourth-order valence-corrected chi connectivity index (χ4v) is 2.74. The van der Waals surface area contributed by atoms with Gasteiger partial charge in [0.25, 0.3) is 0 Å². The van der Waals surface area contributed by atoms with Crippen LogP contribution in [-0.2, 0) is 0 Å². The third kappa shape index (κ3) is 1.93. The molecule has 1 aliphatic carbocycles. The predicted molar refractivity (Wildman–Crippen MR) is 65.1 cm³/mol. The van der Waals surface area contributed by atoms with E-state index in [1.807, 2.05) is 0 Å². The van der Waals surface area contributed by atoms with Crippen LogP contribution in [0.25, 0.3) is 0 Å². The lowest BCUT2D eigenvalue weighted by molar-refractivity contribution is 0.435. The highest BCUT2D eigenvalue weighted by molar-refractivity contribution is 5.38. The van der Waals surface area contributed by atoms with E-state index in [1.165, 1.54) is 12.0 Å². The third-order valence-corrected chi connectivity index (χ3v) is 3.52. The van der Waals surface area contributed by atoms with Crippen molar-refractivity contribution < 1.29 is 0 Å². The smallest absolute Gasteiger partial charge is 0.0328 e. The van der Waals surface area contributed by atoms with Crippen LogP contribution in [0.5, 0.6) is 0 Å². The maximum absolute atomic E-state index is 3.59. The summed E-state index contributed by atoms with van der Waals surface area (Å²) in [6.07, 6.45) is 1.27. The van der Waals surface area contributed by atoms with Crippen molar-refractivity contribution in [3.63, 3.8) is 0 Å². The highest BCUT2D eigenvalue weighted by atomic mass is 14.9. The molecule has 1 N–H and O–H groups in total. The molecule has 0 saturated carbocycles. The molecule has 0 fully saturated rings. The van der Waals surface area contributed by atoms with Crippen molar-refractivity contribution in [2.75, 3.05) is 6.54 Å². The maximum Gasteiger partial charge on any atom is 0.0328 e. The SMILES string of the molecule is CCNC1CC(C(C)C)c2ccccc21. The first-order valence-electron chi connectivity index (χ1n) is 6.06. The van der Waals surface area contributed by atoms with Gasteiger partial charge in [0.05, 0.1) is 0 Å². The minimum atomic E-state index is 0.582. The Balaban J connectivity index is 2.31. The zero-order valence-electron chi connectivity index (χ0n) is 9.96. The number of fused-ring (bicyclic) bond motifs is 1. The summed E-state index contributed by atoms with van der Waals surface area (Å²) in [7, 11) is 0. The monoisotopic (exact) mass is 203 g/mol. The predicted octanol–water partition coefficient (Wildman–Crippen LogP) is 3.48. The van der Waals surface area contributed by atoms with Crippen molar-refractivity contribution >= 4 is 0 Å². The minimum Gasteiger partial charge on any atom is -0.310 e. The van der Waals surface area contributed by atoms with Crippen LogP contribution in [0.4, 0.5) is 0 Å². The van der Waals surface area contributed by atoms with Gasteiger partial charge in [-0.25, -0.2) is 0 Å². The second kappa shape index (κ2) is 4.36. The topological polar surface area (TPSA) is 12.0 Å². The van der Waals surface area contributed by atoms with Crippen LogP contribution in [-0.4, -0.2) is 6.54 Å². The Labute approximate surface area is 92.9 Å². The van der Waals surface area contributed by atoms with Gasteiger partial charge in [-0.3, -0.25) is 0 Å². The lowest BCUT2D eigenvalue weighted by Gasteiger charge is -2.16. The molecule has 82 valence electrons. The van der Waals surface area contributed by atoms with Crippen molar-refractivity contribution in [1.82, 2.24) is 5.32 Å². The van der Waals surface area contributed by atoms with Gasteiger partial charge >= 0.3 is 0 Å². The highest BCUT2D eigenvalue weighted by Gasteiger charge is 2.31. The van der Waals surface area contributed by atoms with Crippen LogP contribution in [0.2, 0.25) is 0 Å². The summed E-state index contributed by atoms with van der Waals surface area (Å²) in [5.41, 5.74) is 3.09. The second-order valence-corrected chi connectivity index (χ2v) is 4.83. The molecule has 0 saturated heterocycles. The summed E-state index contributed by atoms with van der Waals surface area (Å²) < 4.78 is 0. The quantitative estimate of drug-likeness (QED) is 0.793. The molecule has 2 rings (SSSR count). The minimum absolute atomic E-state index is 0.582. The van der Waals surface area contributed by atoms with Gasteiger partial charge in [0.15, 0.2) is 0 Å². The molecular weight excluding hydrogens is 182 g/mol. The van der Waals surface area contributed by atoms with Crippen molar-refractivity contribution in [3.8, 4) is 0 Å². The van der Waals surface area contributed by atoms with Gasteiger partial charge in [-0.1, -0.05) is 45.0 Å². The second-order valence-electron chi connectivity index (χ2n) is 4.83. The summed E-state index contributed by atoms with van der Waals surface area (Å²) in [6.45, 7) is 7.90. The van der Waals surface area contributed by atoms with E-state index in [0.29, 0.717) is 6.04 Å². The van der Waals surface area contributed by atoms with Gasteiger partial charge in [-0.15, -0.1) is 0 Å². The van der Waals surface area contributed by atoms with E-state index in [-0.39, 0.29) is 0 Å². The first-order chi connectivity index (χ1) is 7.24. The van der Waals surface area contributed by atoms with Gasteiger partial charge < -0.3 is 5.32 Å². The van der Waals surface area contributed by atoms with E-state index in [2.05, 4.69) is 50.4 Å². The molecule has 0 radical (unpaired) electrons. The molecule has 2 atom stereocenters. The third-order valence-electron chi connectivity index (χ3n) is 3.52. The molecule has 1 aliphatic rings. The summed E-state index contributed by atoms with van der Waals surface area (Å²) in [5, 5.41) is 3.59. The molecule has 0 amide bonds. The van der Waals surface area contributed by atoms with E-state index in [1.54, 1.807) is 5.56 Å². The lowest BCUT2D eigenvalue weighted by atomic mass is 9.90. The number of benzene rings is 1. The number of hydrogen-bond acceptors (Lipinski definition) is 1. The van der Waals surface area contributed by atoms with Crippen LogP contribution in [0.3, 0.4) is 0 Å². The van der Waals surface area contributed by atoms with Gasteiger partial charge in [0.2, 0.25) is 0 Å². The molecular formula is C14H21N. The zero-order chi connectivity index (χ0) is 10.8. The molecule has 1 heteroatoms. The molecule has 0 bridgehead atoms. The first kappa shape index (κ1) is 10.7. The van der Waals surface area contributed by atoms with E-state index >= 15 is 0 Å². The molecule has 2 unspecified atom stereocenters. The van der Waals surface area contributed by atoms with Crippen molar-refractivity contribution in [2.24, 2.45) is 5.92 Å². The molecule has 1 aromatic rings. The molecule has 1 nitrogen and oxygen atoms in total. The highest BCUT2D eigenvalue weighted by Crippen LogP contribution is 2.43. The van der Waals surface area contributed by atoms with Crippen molar-refractivity contribution in [3.05, 3.63) is 35.4 Å². The average molecular weight is 203 g/mol. The van der Waals surface area contributed by atoms with Gasteiger partial charge in [0.1, 0.15) is 0 Å². The van der Waals surface area contributed by atoms with Crippen LogP contribution in [0.15, 0.2) is 24.3 Å². The van der Waals surface area contributed by atoms with Crippen molar-refractivity contribution in [2.45, 2.75) is 39.2 Å². The van der Waals surface area contributed by atoms with Crippen LogP contribution in [0.1, 0.15) is 50.3 Å². The summed E-state index contributed by atoms with van der Waals surface area (Å²) >= 11 is 0. The Hall–Kier alpha value is -0.820. The van der Waals surface area contributed by atoms with Crippen molar-refractivity contribution in [1.29, 1.82) is 0 Å². The lowest BCUT2D eigenvalue weighted by Crippen LogP contribution is -2.18. The molecule has 0 aromatic heterocycles. The fourth-order valence-electron chi connectivity index (χ4n) is 2.74. The first-order valence-corrected chi connectivity index (χ1v) is 6.06. The summed E-state index contributed by atoms with van der Waals surface area (Å²) in [4.78, 5) is 0. The van der Waals surface area contributed by atoms with Gasteiger partial charge in [-0.05, 0) is 35.9 Å². The van der Waals surface area contributed by atoms with E-state index in [0.717, 1.165) is 18.4 Å². The normalized spacial score (nSPS) is 24.5. The molecule has 1 aromatic carbocycles. The molecule has 0 aliphatic heterocycles. The number of hydrogen-bond donors (Lipinski definition) is 1. The average Bonchev–Trinajstić information content (AvgIpc) is 2.59. The number of rotatable bonds is 3. The largest absolute Gasteiger partial charge is 0.310 e. The van der Waals surface area contributed by atoms with Crippen LogP contribution >= 0.6 is 0 Å². The Kier molecular flexibility index (Phi) is 3.11. The van der Waals surface area contributed by atoms with Gasteiger partial charge in [0, 0.05) is 6.04 Å². The summed E-state index contributed by atoms with van der Waals surface area (Å²) in [5.74, 6) is 1.49. The zero-order valence-corrected chi connectivity index (χ0v) is 9.96. The Morgan fingerprint density at radius 2 is 1.93 bits per heavy atom. The standard InChI is InChI=1S/C14H21N/c1-4-15-14-9-13(10(2)3)11-7-5-6-8-12(11)14/h5-8,10,13-15H,4,9H2,1-3H3. The Bertz CT molecular complexity index is 330. The van der Waals surface area contributed by atoms with Crippen LogP contribution < -0.4 is 5.32 Å². The van der Waals surface area contributed by atoms with E-state index in [9.17, 15) is 0 Å². The van der Waals surface area contributed by atoms with Crippen LogP contribution in [0, 0.1) is 5.92 Å². The van der Waals surface area contributed by atoms with Gasteiger partial charge in [-0.2, -0.15) is 0 Å². The molecule has 0 heterocycles. The molecule has 0 spiro atoms. The van der Waals surface area contributed by atoms with E-state index < -0.39 is 0 Å². The Morgan fingerprint density at radius 1 is 1.27 bits per heavy atom. The number of nitrogens with one attached hydrogen (secondary N) is 1. The Morgan fingerprint density at radius 3 is 2.53 bits per heavy atom. The molecule has 15 heavy (non-hydrogen) atoms. The fraction of sp³-hybridized carbons (Fsp3) is 0.571.